The summed E-state index contributed by atoms with van der Waals surface area (Å²) in [7, 11) is 0. The number of ketones is 1. The Morgan fingerprint density at radius 3 is 2.96 bits per heavy atom. The van der Waals surface area contributed by atoms with E-state index in [9.17, 15) is 9.59 Å². The van der Waals surface area contributed by atoms with Crippen LogP contribution in [0.4, 0.5) is 0 Å². The van der Waals surface area contributed by atoms with Crippen molar-refractivity contribution in [2.24, 2.45) is 0 Å². The molecule has 1 aliphatic carbocycles. The maximum Gasteiger partial charge on any atom is 0.256 e. The minimum atomic E-state index is -0.0339. The first-order chi connectivity index (χ1) is 11.7. The third kappa shape index (κ3) is 2.35. The van der Waals surface area contributed by atoms with Gasteiger partial charge >= 0.3 is 0 Å². The topological polar surface area (TPSA) is 66.1 Å². The van der Waals surface area contributed by atoms with E-state index in [1.165, 1.54) is 0 Å². The lowest BCUT2D eigenvalue weighted by molar-refractivity contribution is 0.0727. The third-order valence-corrected chi connectivity index (χ3v) is 5.13. The van der Waals surface area contributed by atoms with Crippen LogP contribution in [0.2, 0.25) is 0 Å². The summed E-state index contributed by atoms with van der Waals surface area (Å²) in [6.45, 7) is 2.61. The lowest BCUT2D eigenvalue weighted by Gasteiger charge is -2.25. The number of aromatic amines is 1. The molecule has 2 aliphatic rings. The van der Waals surface area contributed by atoms with Crippen molar-refractivity contribution in [3.63, 3.8) is 0 Å². The number of nitrogens with zero attached hydrogens (tertiary/aromatic N) is 2. The van der Waals surface area contributed by atoms with Gasteiger partial charge in [-0.2, -0.15) is 0 Å². The molecule has 2 aromatic rings. The highest BCUT2D eigenvalue weighted by atomic mass is 16.2. The number of fused-ring (bicyclic) bond motifs is 1. The van der Waals surface area contributed by atoms with E-state index >= 15 is 0 Å². The molecule has 5 heteroatoms. The number of hydrogen-bond acceptors (Lipinski definition) is 3. The van der Waals surface area contributed by atoms with E-state index in [4.69, 9.17) is 0 Å². The van der Waals surface area contributed by atoms with E-state index < -0.39 is 0 Å². The molecule has 0 aromatic carbocycles. The van der Waals surface area contributed by atoms with Crippen LogP contribution in [0.15, 0.2) is 24.4 Å². The molecule has 3 heterocycles. The van der Waals surface area contributed by atoms with Crippen LogP contribution in [-0.4, -0.2) is 33.1 Å². The van der Waals surface area contributed by atoms with Gasteiger partial charge in [-0.15, -0.1) is 0 Å². The minimum absolute atomic E-state index is 0.00217. The molecule has 1 N–H and O–H groups in total. The lowest BCUT2D eigenvalue weighted by atomic mass is 9.92. The summed E-state index contributed by atoms with van der Waals surface area (Å²) in [4.78, 5) is 35.2. The Morgan fingerprint density at radius 2 is 2.17 bits per heavy atom. The second-order valence-corrected chi connectivity index (χ2v) is 6.67. The fourth-order valence-corrected chi connectivity index (χ4v) is 4.04. The number of hydrogen-bond donors (Lipinski definition) is 1. The van der Waals surface area contributed by atoms with E-state index in [0.29, 0.717) is 24.1 Å². The first kappa shape index (κ1) is 15.1. The predicted octanol–water partition coefficient (Wildman–Crippen LogP) is 3.21. The molecule has 24 heavy (non-hydrogen) atoms. The van der Waals surface area contributed by atoms with Gasteiger partial charge < -0.3 is 9.88 Å². The molecule has 0 bridgehead atoms. The molecule has 5 nitrogen and oxygen atoms in total. The highest BCUT2D eigenvalue weighted by Gasteiger charge is 2.36. The molecule has 0 spiro atoms. The fourth-order valence-electron chi connectivity index (χ4n) is 4.04. The Balaban J connectivity index is 1.72. The molecule has 1 saturated heterocycles. The monoisotopic (exact) mass is 323 g/mol. The van der Waals surface area contributed by atoms with Gasteiger partial charge in [-0.25, -0.2) is 0 Å². The van der Waals surface area contributed by atoms with Crippen molar-refractivity contribution in [2.75, 3.05) is 6.54 Å². The van der Waals surface area contributed by atoms with Crippen LogP contribution < -0.4 is 0 Å². The molecule has 124 valence electrons. The van der Waals surface area contributed by atoms with Crippen molar-refractivity contribution < 1.29 is 9.59 Å². The quantitative estimate of drug-likeness (QED) is 0.923. The normalized spacial score (nSPS) is 20.3. The second kappa shape index (κ2) is 5.89. The lowest BCUT2D eigenvalue weighted by Crippen LogP contribution is -2.32. The molecule has 4 rings (SSSR count). The largest absolute Gasteiger partial charge is 0.361 e. The summed E-state index contributed by atoms with van der Waals surface area (Å²) < 4.78 is 0. The molecular formula is C19H21N3O2. The number of carbonyl (C=O) groups is 2. The smallest absolute Gasteiger partial charge is 0.256 e. The molecule has 1 amide bonds. The molecule has 1 atom stereocenters. The highest BCUT2D eigenvalue weighted by Crippen LogP contribution is 2.35. The Hall–Kier alpha value is -2.43. The van der Waals surface area contributed by atoms with Crippen LogP contribution >= 0.6 is 0 Å². The van der Waals surface area contributed by atoms with E-state index in [1.54, 1.807) is 6.20 Å². The van der Waals surface area contributed by atoms with Crippen LogP contribution in [0, 0.1) is 6.92 Å². The van der Waals surface area contributed by atoms with Gasteiger partial charge in [0.2, 0.25) is 0 Å². The summed E-state index contributed by atoms with van der Waals surface area (Å²) in [5.41, 5.74) is 3.89. The number of carbonyl (C=O) groups excluding carboxylic acids is 2. The molecular weight excluding hydrogens is 302 g/mol. The molecule has 1 aliphatic heterocycles. The molecule has 0 radical (unpaired) electrons. The number of pyridine rings is 1. The van der Waals surface area contributed by atoms with Crippen molar-refractivity contribution in [3.8, 4) is 0 Å². The Kier molecular flexibility index (Phi) is 3.71. The van der Waals surface area contributed by atoms with E-state index in [1.807, 2.05) is 30.0 Å². The second-order valence-electron chi connectivity index (χ2n) is 6.67. The SMILES string of the molecule is Cc1[nH]c2c(c1C(=O)N1CCCC1c1ccccn1)C(=O)CCC2. The first-order valence-corrected chi connectivity index (χ1v) is 8.63. The molecule has 1 fully saturated rings. The third-order valence-electron chi connectivity index (χ3n) is 5.13. The fraction of sp³-hybridized carbons (Fsp3) is 0.421. The van der Waals surface area contributed by atoms with Crippen LogP contribution in [0.3, 0.4) is 0 Å². The van der Waals surface area contributed by atoms with Crippen LogP contribution in [0.5, 0.6) is 0 Å². The number of amides is 1. The number of likely N-dealkylation sites (tertiary alicyclic amines) is 1. The van der Waals surface area contributed by atoms with Gasteiger partial charge in [0.25, 0.3) is 5.91 Å². The number of aromatic nitrogens is 2. The van der Waals surface area contributed by atoms with Crippen LogP contribution in [0.1, 0.15) is 69.5 Å². The minimum Gasteiger partial charge on any atom is -0.361 e. The summed E-state index contributed by atoms with van der Waals surface area (Å²) in [5.74, 6) is 0.0611. The van der Waals surface area contributed by atoms with E-state index in [-0.39, 0.29) is 17.7 Å². The summed E-state index contributed by atoms with van der Waals surface area (Å²) in [6.07, 6.45) is 5.89. The van der Waals surface area contributed by atoms with Crippen molar-refractivity contribution >= 4 is 11.7 Å². The first-order valence-electron chi connectivity index (χ1n) is 8.63. The Morgan fingerprint density at radius 1 is 1.29 bits per heavy atom. The summed E-state index contributed by atoms with van der Waals surface area (Å²) >= 11 is 0. The molecule has 2 aromatic heterocycles. The van der Waals surface area contributed by atoms with Gasteiger partial charge in [0.15, 0.2) is 5.78 Å². The Labute approximate surface area is 141 Å². The standard InChI is InChI=1S/C19H21N3O2/c1-12-17(18-14(21-12)7-4-9-16(18)23)19(24)22-11-5-8-15(22)13-6-2-3-10-20-13/h2-3,6,10,15,21H,4-5,7-9,11H2,1H3. The highest BCUT2D eigenvalue weighted by molar-refractivity contribution is 6.10. The maximum absolute atomic E-state index is 13.3. The number of H-pyrrole nitrogens is 1. The van der Waals surface area contributed by atoms with Gasteiger partial charge in [-0.05, 0) is 44.7 Å². The summed E-state index contributed by atoms with van der Waals surface area (Å²) in [6, 6.07) is 5.81. The van der Waals surface area contributed by atoms with Gasteiger partial charge in [-0.3, -0.25) is 14.6 Å². The van der Waals surface area contributed by atoms with Crippen LogP contribution in [-0.2, 0) is 6.42 Å². The van der Waals surface area contributed by atoms with Crippen molar-refractivity contribution in [2.45, 2.75) is 45.1 Å². The molecule has 0 saturated carbocycles. The van der Waals surface area contributed by atoms with Crippen molar-refractivity contribution in [3.05, 3.63) is 52.6 Å². The van der Waals surface area contributed by atoms with Crippen molar-refractivity contribution in [1.29, 1.82) is 0 Å². The summed E-state index contributed by atoms with van der Waals surface area (Å²) in [5, 5.41) is 0. The number of nitrogens with one attached hydrogen (secondary N) is 1. The van der Waals surface area contributed by atoms with Gasteiger partial charge in [0.1, 0.15) is 0 Å². The molecule has 1 unspecified atom stereocenters. The average molecular weight is 323 g/mol. The van der Waals surface area contributed by atoms with E-state index in [0.717, 1.165) is 42.8 Å². The number of Topliss-reactive ketones (excluding diaryl/α,β-unsaturated/α-hetero) is 1. The average Bonchev–Trinajstić information content (AvgIpc) is 3.20. The van der Waals surface area contributed by atoms with Crippen LogP contribution in [0.25, 0.3) is 0 Å². The maximum atomic E-state index is 13.3. The van der Waals surface area contributed by atoms with Gasteiger partial charge in [0.05, 0.1) is 22.9 Å². The zero-order valence-corrected chi connectivity index (χ0v) is 13.8. The number of aryl methyl sites for hydroxylation is 2. The van der Waals surface area contributed by atoms with E-state index in [2.05, 4.69) is 9.97 Å². The predicted molar refractivity (Wildman–Crippen MR) is 90.0 cm³/mol. The Bertz CT molecular complexity index is 794. The number of rotatable bonds is 2. The van der Waals surface area contributed by atoms with Gasteiger partial charge in [-0.1, -0.05) is 6.07 Å². The van der Waals surface area contributed by atoms with Gasteiger partial charge in [0, 0.05) is 30.6 Å². The zero-order valence-electron chi connectivity index (χ0n) is 13.8. The zero-order chi connectivity index (χ0) is 16.7. The van der Waals surface area contributed by atoms with Crippen molar-refractivity contribution in [1.82, 2.24) is 14.9 Å².